The van der Waals surface area contributed by atoms with Crippen molar-refractivity contribution < 1.29 is 19.7 Å². The summed E-state index contributed by atoms with van der Waals surface area (Å²) in [4.78, 5) is 13.8. The summed E-state index contributed by atoms with van der Waals surface area (Å²) in [7, 11) is 1.46. The average molecular weight is 162 g/mol. The second-order valence-electron chi connectivity index (χ2n) is 2.22. The van der Waals surface area contributed by atoms with Gasteiger partial charge in [0, 0.05) is 20.0 Å². The first-order valence-corrected chi connectivity index (χ1v) is 3.61. The predicted octanol–water partition coefficient (Wildman–Crippen LogP) is 1.21. The van der Waals surface area contributed by atoms with Crippen molar-refractivity contribution in [2.75, 3.05) is 7.11 Å². The molecule has 66 valence electrons. The lowest BCUT2D eigenvalue weighted by molar-refractivity contribution is -0.341. The van der Waals surface area contributed by atoms with Gasteiger partial charge in [0.25, 0.3) is 0 Å². The van der Waals surface area contributed by atoms with E-state index in [9.17, 15) is 4.79 Å². The third-order valence-electron chi connectivity index (χ3n) is 1.39. The van der Waals surface area contributed by atoms with E-state index >= 15 is 0 Å². The van der Waals surface area contributed by atoms with Crippen LogP contribution in [0.2, 0.25) is 0 Å². The van der Waals surface area contributed by atoms with Crippen LogP contribution in [0, 0.1) is 0 Å². The van der Waals surface area contributed by atoms with Gasteiger partial charge in [0.05, 0.1) is 0 Å². The van der Waals surface area contributed by atoms with Crippen LogP contribution in [0.25, 0.3) is 0 Å². The summed E-state index contributed by atoms with van der Waals surface area (Å²) in [5.41, 5.74) is 0. The van der Waals surface area contributed by atoms with Crippen molar-refractivity contribution in [3.05, 3.63) is 0 Å². The van der Waals surface area contributed by atoms with Gasteiger partial charge in [0.1, 0.15) is 6.29 Å². The largest absolute Gasteiger partial charge is 0.353 e. The Morgan fingerprint density at radius 2 is 2.27 bits per heavy atom. The molecule has 4 heteroatoms. The Hall–Kier alpha value is -0.450. The van der Waals surface area contributed by atoms with Gasteiger partial charge < -0.3 is 9.53 Å². The number of hydrogen-bond acceptors (Lipinski definition) is 4. The lowest BCUT2D eigenvalue weighted by atomic mass is 10.2. The zero-order valence-corrected chi connectivity index (χ0v) is 6.66. The zero-order chi connectivity index (χ0) is 8.53. The summed E-state index contributed by atoms with van der Waals surface area (Å²) >= 11 is 0. The summed E-state index contributed by atoms with van der Waals surface area (Å²) in [5, 5.41) is 8.19. The molecule has 0 aliphatic heterocycles. The van der Waals surface area contributed by atoms with Gasteiger partial charge in [0.2, 0.25) is 0 Å². The van der Waals surface area contributed by atoms with Crippen LogP contribution in [-0.4, -0.2) is 24.9 Å². The summed E-state index contributed by atoms with van der Waals surface area (Å²) in [6.07, 6.45) is 3.12. The summed E-state index contributed by atoms with van der Waals surface area (Å²) < 4.78 is 4.72. The Balaban J connectivity index is 3.13. The maximum absolute atomic E-state index is 9.88. The minimum Gasteiger partial charge on any atom is -0.353 e. The van der Waals surface area contributed by atoms with E-state index < -0.39 is 6.29 Å². The molecule has 1 N–H and O–H groups in total. The third kappa shape index (κ3) is 5.97. The summed E-state index contributed by atoms with van der Waals surface area (Å²) in [6, 6.07) is 0. The molecule has 1 unspecified atom stereocenters. The number of methoxy groups -OCH3 is 1. The van der Waals surface area contributed by atoms with E-state index in [-0.39, 0.29) is 0 Å². The van der Waals surface area contributed by atoms with Crippen molar-refractivity contribution in [1.82, 2.24) is 0 Å². The van der Waals surface area contributed by atoms with Gasteiger partial charge >= 0.3 is 0 Å². The Morgan fingerprint density at radius 1 is 1.55 bits per heavy atom. The van der Waals surface area contributed by atoms with Gasteiger partial charge in [-0.05, 0) is 12.8 Å². The molecular weight excluding hydrogens is 148 g/mol. The summed E-state index contributed by atoms with van der Waals surface area (Å²) in [5.74, 6) is 0. The molecule has 0 amide bonds. The highest BCUT2D eigenvalue weighted by atomic mass is 17.1. The monoisotopic (exact) mass is 162 g/mol. The predicted molar refractivity (Wildman–Crippen MR) is 39.0 cm³/mol. The van der Waals surface area contributed by atoms with E-state index in [2.05, 4.69) is 4.89 Å². The highest BCUT2D eigenvalue weighted by Crippen LogP contribution is 2.05. The molecule has 0 aliphatic carbocycles. The van der Waals surface area contributed by atoms with E-state index in [1.54, 1.807) is 0 Å². The number of ether oxygens (including phenoxy) is 1. The van der Waals surface area contributed by atoms with Crippen molar-refractivity contribution >= 4 is 6.29 Å². The van der Waals surface area contributed by atoms with Crippen LogP contribution >= 0.6 is 0 Å². The summed E-state index contributed by atoms with van der Waals surface area (Å²) in [6.45, 7) is 0. The molecule has 0 rings (SSSR count). The number of unbranched alkanes of at least 4 members (excludes halogenated alkanes) is 2. The lowest BCUT2D eigenvalue weighted by Crippen LogP contribution is -2.12. The van der Waals surface area contributed by atoms with Crippen molar-refractivity contribution in [2.24, 2.45) is 0 Å². The Morgan fingerprint density at radius 3 is 2.73 bits per heavy atom. The quantitative estimate of drug-likeness (QED) is 0.201. The van der Waals surface area contributed by atoms with Gasteiger partial charge in [-0.1, -0.05) is 0 Å². The van der Waals surface area contributed by atoms with Gasteiger partial charge in [-0.2, -0.15) is 0 Å². The van der Waals surface area contributed by atoms with Crippen LogP contribution in [0.3, 0.4) is 0 Å². The van der Waals surface area contributed by atoms with Crippen molar-refractivity contribution in [3.63, 3.8) is 0 Å². The topological polar surface area (TPSA) is 55.8 Å². The minimum absolute atomic E-state index is 0.554. The zero-order valence-electron chi connectivity index (χ0n) is 6.66. The van der Waals surface area contributed by atoms with Crippen molar-refractivity contribution in [1.29, 1.82) is 0 Å². The first-order valence-electron chi connectivity index (χ1n) is 3.61. The number of hydrogen-bond donors (Lipinski definition) is 1. The maximum Gasteiger partial charge on any atom is 0.190 e. The minimum atomic E-state index is -0.554. The highest BCUT2D eigenvalue weighted by Gasteiger charge is 2.04. The first kappa shape index (κ1) is 10.6. The Labute approximate surface area is 66.0 Å². The highest BCUT2D eigenvalue weighted by molar-refractivity contribution is 5.48. The fourth-order valence-electron chi connectivity index (χ4n) is 0.752. The molecule has 0 spiro atoms. The molecule has 0 heterocycles. The molecule has 0 bridgehead atoms. The molecule has 0 aromatic rings. The van der Waals surface area contributed by atoms with Gasteiger partial charge in [-0.3, -0.25) is 0 Å². The molecule has 0 radical (unpaired) electrons. The molecule has 1 atom stereocenters. The first-order chi connectivity index (χ1) is 5.35. The number of rotatable bonds is 7. The van der Waals surface area contributed by atoms with Crippen LogP contribution in [0.15, 0.2) is 0 Å². The van der Waals surface area contributed by atoms with Crippen LogP contribution in [0.5, 0.6) is 0 Å². The van der Waals surface area contributed by atoms with Crippen LogP contribution in [0.1, 0.15) is 25.7 Å². The van der Waals surface area contributed by atoms with E-state index in [0.29, 0.717) is 12.8 Å². The fraction of sp³-hybridized carbons (Fsp3) is 0.857. The van der Waals surface area contributed by atoms with E-state index in [1.807, 2.05) is 0 Å². The second-order valence-corrected chi connectivity index (χ2v) is 2.22. The SMILES string of the molecule is COC(CCCCC=O)OO. The van der Waals surface area contributed by atoms with Crippen LogP contribution in [-0.2, 0) is 14.4 Å². The molecular formula is C7H14O4. The molecule has 0 fully saturated rings. The normalized spacial score (nSPS) is 12.9. The molecule has 0 saturated heterocycles. The molecule has 0 aliphatic rings. The second kappa shape index (κ2) is 7.65. The van der Waals surface area contributed by atoms with E-state index in [4.69, 9.17) is 9.99 Å². The van der Waals surface area contributed by atoms with Crippen LogP contribution in [0.4, 0.5) is 0 Å². The molecule has 11 heavy (non-hydrogen) atoms. The Bertz CT molecular complexity index is 90.4. The van der Waals surface area contributed by atoms with Crippen molar-refractivity contribution in [3.8, 4) is 0 Å². The van der Waals surface area contributed by atoms with Gasteiger partial charge in [-0.15, -0.1) is 0 Å². The number of aldehydes is 1. The van der Waals surface area contributed by atoms with E-state index in [1.165, 1.54) is 7.11 Å². The third-order valence-corrected chi connectivity index (χ3v) is 1.39. The Kier molecular flexibility index (Phi) is 7.34. The van der Waals surface area contributed by atoms with Crippen LogP contribution < -0.4 is 0 Å². The van der Waals surface area contributed by atoms with Gasteiger partial charge in [-0.25, -0.2) is 10.1 Å². The van der Waals surface area contributed by atoms with Gasteiger partial charge in [0.15, 0.2) is 6.29 Å². The fourth-order valence-corrected chi connectivity index (χ4v) is 0.752. The maximum atomic E-state index is 9.88. The average Bonchev–Trinajstić information content (AvgIpc) is 2.05. The molecule has 0 aromatic heterocycles. The smallest absolute Gasteiger partial charge is 0.190 e. The molecule has 4 nitrogen and oxygen atoms in total. The molecule has 0 saturated carbocycles. The number of carbonyl (C=O) groups excluding carboxylic acids is 1. The standard InChI is InChI=1S/C7H14O4/c1-10-7(11-9)5-3-2-4-6-8/h6-7,9H,2-5H2,1H3. The van der Waals surface area contributed by atoms with Crippen molar-refractivity contribution in [2.45, 2.75) is 32.0 Å². The number of carbonyl (C=O) groups is 1. The molecule has 0 aromatic carbocycles. The lowest BCUT2D eigenvalue weighted by Gasteiger charge is -2.09. The van der Waals surface area contributed by atoms with E-state index in [0.717, 1.165) is 19.1 Å².